The molecule has 0 unspecified atom stereocenters. The summed E-state index contributed by atoms with van der Waals surface area (Å²) in [4.78, 5) is 22.7. The largest absolute Gasteiger partial charge is 0.341 e. The molecule has 1 aliphatic rings. The Balaban J connectivity index is 1.56. The van der Waals surface area contributed by atoms with E-state index in [1.165, 1.54) is 5.56 Å². The number of hydrogen-bond donors (Lipinski definition) is 1. The summed E-state index contributed by atoms with van der Waals surface area (Å²) in [6.45, 7) is 6.50. The lowest BCUT2D eigenvalue weighted by atomic mass is 10.1. The van der Waals surface area contributed by atoms with Gasteiger partial charge in [0.2, 0.25) is 5.91 Å². The molecule has 0 spiro atoms. The molecule has 5 nitrogen and oxygen atoms in total. The minimum absolute atomic E-state index is 0.223. The molecular weight excluding hydrogens is 300 g/mol. The van der Waals surface area contributed by atoms with Crippen LogP contribution in [-0.2, 0) is 11.3 Å². The van der Waals surface area contributed by atoms with Gasteiger partial charge in [-0.1, -0.05) is 30.7 Å². The van der Waals surface area contributed by atoms with Crippen LogP contribution in [0.25, 0.3) is 11.4 Å². The van der Waals surface area contributed by atoms with E-state index in [1.807, 2.05) is 29.4 Å². The lowest BCUT2D eigenvalue weighted by molar-refractivity contribution is -0.127. The third kappa shape index (κ3) is 3.97. The molecular formula is C19H24N4O. The molecule has 1 saturated heterocycles. The normalized spacial score (nSPS) is 17.5. The quantitative estimate of drug-likeness (QED) is 0.887. The van der Waals surface area contributed by atoms with Crippen molar-refractivity contribution in [3.05, 3.63) is 47.8 Å². The second-order valence-corrected chi connectivity index (χ2v) is 6.41. The minimum Gasteiger partial charge on any atom is -0.341 e. The lowest BCUT2D eigenvalue weighted by Gasteiger charge is -2.16. The van der Waals surface area contributed by atoms with Crippen molar-refractivity contribution in [1.29, 1.82) is 0 Å². The summed E-state index contributed by atoms with van der Waals surface area (Å²) in [6.07, 6.45) is 5.31. The monoisotopic (exact) mass is 324 g/mol. The Kier molecular flexibility index (Phi) is 5.20. The van der Waals surface area contributed by atoms with Gasteiger partial charge in [-0.2, -0.15) is 0 Å². The van der Waals surface area contributed by atoms with Crippen LogP contribution in [0.3, 0.4) is 0 Å². The molecule has 2 aromatic rings. The highest BCUT2D eigenvalue weighted by atomic mass is 16.2. The SMILES string of the molecule is CCCN1C[C@H](NCc2cnc(-c3cccc(C)c3)nc2)CC1=O. The Morgan fingerprint density at radius 1 is 1.29 bits per heavy atom. The Bertz CT molecular complexity index is 699. The third-order valence-electron chi connectivity index (χ3n) is 4.28. The number of aromatic nitrogens is 2. The van der Waals surface area contributed by atoms with Gasteiger partial charge in [0, 0.05) is 55.6 Å². The fraction of sp³-hybridized carbons (Fsp3) is 0.421. The van der Waals surface area contributed by atoms with Crippen LogP contribution in [0.5, 0.6) is 0 Å². The summed E-state index contributed by atoms with van der Waals surface area (Å²) < 4.78 is 0. The van der Waals surface area contributed by atoms with Gasteiger partial charge in [0.1, 0.15) is 0 Å². The molecule has 0 saturated carbocycles. The molecule has 2 heterocycles. The zero-order chi connectivity index (χ0) is 16.9. The van der Waals surface area contributed by atoms with Crippen LogP contribution in [0.2, 0.25) is 0 Å². The molecule has 3 rings (SSSR count). The summed E-state index contributed by atoms with van der Waals surface area (Å²) in [6, 6.07) is 8.40. The number of rotatable bonds is 6. The number of nitrogens with zero attached hydrogens (tertiary/aromatic N) is 3. The first-order valence-corrected chi connectivity index (χ1v) is 8.55. The summed E-state index contributed by atoms with van der Waals surface area (Å²) in [5, 5.41) is 3.44. The van der Waals surface area contributed by atoms with Crippen molar-refractivity contribution in [3.63, 3.8) is 0 Å². The second kappa shape index (κ2) is 7.53. The molecule has 1 N–H and O–H groups in total. The first kappa shape index (κ1) is 16.6. The van der Waals surface area contributed by atoms with Crippen molar-refractivity contribution < 1.29 is 4.79 Å². The Morgan fingerprint density at radius 3 is 2.79 bits per heavy atom. The second-order valence-electron chi connectivity index (χ2n) is 6.41. The molecule has 1 aliphatic heterocycles. The molecule has 24 heavy (non-hydrogen) atoms. The van der Waals surface area contributed by atoms with Crippen LogP contribution >= 0.6 is 0 Å². The fourth-order valence-electron chi connectivity index (χ4n) is 3.04. The number of aryl methyl sites for hydroxylation is 1. The van der Waals surface area contributed by atoms with Crippen LogP contribution < -0.4 is 5.32 Å². The number of carbonyl (C=O) groups is 1. The smallest absolute Gasteiger partial charge is 0.224 e. The third-order valence-corrected chi connectivity index (χ3v) is 4.28. The van der Waals surface area contributed by atoms with Gasteiger partial charge >= 0.3 is 0 Å². The van der Waals surface area contributed by atoms with Crippen molar-refractivity contribution in [2.75, 3.05) is 13.1 Å². The van der Waals surface area contributed by atoms with Crippen LogP contribution in [0, 0.1) is 6.92 Å². The van der Waals surface area contributed by atoms with Gasteiger partial charge in [0.15, 0.2) is 5.82 Å². The van der Waals surface area contributed by atoms with E-state index in [-0.39, 0.29) is 11.9 Å². The van der Waals surface area contributed by atoms with E-state index < -0.39 is 0 Å². The van der Waals surface area contributed by atoms with E-state index in [0.717, 1.165) is 36.5 Å². The number of benzene rings is 1. The number of hydrogen-bond acceptors (Lipinski definition) is 4. The van der Waals surface area contributed by atoms with E-state index in [2.05, 4.69) is 41.3 Å². The van der Waals surface area contributed by atoms with Crippen LogP contribution in [0.4, 0.5) is 0 Å². The van der Waals surface area contributed by atoms with E-state index in [0.29, 0.717) is 13.0 Å². The van der Waals surface area contributed by atoms with Crippen molar-refractivity contribution in [2.45, 2.75) is 39.3 Å². The van der Waals surface area contributed by atoms with Crippen LogP contribution in [0.15, 0.2) is 36.7 Å². The molecule has 1 atom stereocenters. The van der Waals surface area contributed by atoms with E-state index in [1.54, 1.807) is 0 Å². The topological polar surface area (TPSA) is 58.1 Å². The van der Waals surface area contributed by atoms with Gasteiger partial charge in [-0.15, -0.1) is 0 Å². The highest BCUT2D eigenvalue weighted by Gasteiger charge is 2.28. The van der Waals surface area contributed by atoms with Gasteiger partial charge in [-0.25, -0.2) is 9.97 Å². The molecule has 1 aromatic heterocycles. The molecule has 1 amide bonds. The zero-order valence-electron chi connectivity index (χ0n) is 14.3. The fourth-order valence-corrected chi connectivity index (χ4v) is 3.04. The van der Waals surface area contributed by atoms with E-state index in [9.17, 15) is 4.79 Å². The molecule has 0 aliphatic carbocycles. The minimum atomic E-state index is 0.223. The van der Waals surface area contributed by atoms with Gasteiger partial charge < -0.3 is 10.2 Å². The predicted octanol–water partition coefficient (Wildman–Crippen LogP) is 2.55. The zero-order valence-corrected chi connectivity index (χ0v) is 14.3. The average molecular weight is 324 g/mol. The summed E-state index contributed by atoms with van der Waals surface area (Å²) in [7, 11) is 0. The number of amides is 1. The first-order chi connectivity index (χ1) is 11.7. The van der Waals surface area contributed by atoms with Crippen molar-refractivity contribution in [2.24, 2.45) is 0 Å². The molecule has 0 radical (unpaired) electrons. The molecule has 5 heteroatoms. The number of carbonyl (C=O) groups excluding carboxylic acids is 1. The maximum atomic E-state index is 11.9. The average Bonchev–Trinajstić information content (AvgIpc) is 2.94. The van der Waals surface area contributed by atoms with Gasteiger partial charge in [0.05, 0.1) is 0 Å². The maximum absolute atomic E-state index is 11.9. The number of likely N-dealkylation sites (tertiary alicyclic amines) is 1. The molecule has 1 aromatic carbocycles. The predicted molar refractivity (Wildman–Crippen MR) is 94.3 cm³/mol. The summed E-state index contributed by atoms with van der Waals surface area (Å²) in [5.74, 6) is 0.994. The Hall–Kier alpha value is -2.27. The highest BCUT2D eigenvalue weighted by Crippen LogP contribution is 2.16. The molecule has 1 fully saturated rings. The van der Waals surface area contributed by atoms with E-state index in [4.69, 9.17) is 0 Å². The van der Waals surface area contributed by atoms with Crippen molar-refractivity contribution >= 4 is 5.91 Å². The van der Waals surface area contributed by atoms with Gasteiger partial charge in [-0.3, -0.25) is 4.79 Å². The van der Waals surface area contributed by atoms with Crippen LogP contribution in [-0.4, -0.2) is 39.9 Å². The van der Waals surface area contributed by atoms with Gasteiger partial charge in [-0.05, 0) is 19.4 Å². The first-order valence-electron chi connectivity index (χ1n) is 8.55. The van der Waals surface area contributed by atoms with Crippen LogP contribution in [0.1, 0.15) is 30.9 Å². The molecule has 126 valence electrons. The van der Waals surface area contributed by atoms with Crippen molar-refractivity contribution in [3.8, 4) is 11.4 Å². The standard InChI is InChI=1S/C19H24N4O/c1-3-7-23-13-17(9-18(23)24)20-10-15-11-21-19(22-12-15)16-6-4-5-14(2)8-16/h4-6,8,11-12,17,20H,3,7,9-10,13H2,1-2H3/t17-/m1/s1. The highest BCUT2D eigenvalue weighted by molar-refractivity contribution is 5.79. The summed E-state index contributed by atoms with van der Waals surface area (Å²) >= 11 is 0. The lowest BCUT2D eigenvalue weighted by Crippen LogP contribution is -2.32. The van der Waals surface area contributed by atoms with E-state index >= 15 is 0 Å². The summed E-state index contributed by atoms with van der Waals surface area (Å²) in [5.41, 5.74) is 3.27. The maximum Gasteiger partial charge on any atom is 0.224 e. The Morgan fingerprint density at radius 2 is 2.08 bits per heavy atom. The van der Waals surface area contributed by atoms with Crippen molar-refractivity contribution in [1.82, 2.24) is 20.2 Å². The molecule has 0 bridgehead atoms. The van der Waals surface area contributed by atoms with Gasteiger partial charge in [0.25, 0.3) is 0 Å². The number of nitrogens with one attached hydrogen (secondary N) is 1. The Labute approximate surface area is 143 Å².